The number of rotatable bonds is 11. The molecule has 7 N–H and O–H groups in total. The highest BCUT2D eigenvalue weighted by Crippen LogP contribution is 2.19. The molecule has 40 heavy (non-hydrogen) atoms. The maximum Gasteiger partial charge on any atom is 0.276 e. The lowest BCUT2D eigenvalue weighted by atomic mass is 9.99. The van der Waals surface area contributed by atoms with Crippen LogP contribution in [0.3, 0.4) is 0 Å². The molecule has 4 rings (SSSR count). The predicted octanol–water partition coefficient (Wildman–Crippen LogP) is 0.247. The zero-order valence-corrected chi connectivity index (χ0v) is 22.0. The summed E-state index contributed by atoms with van der Waals surface area (Å²) in [5, 5.41) is 16.9. The van der Waals surface area contributed by atoms with Crippen molar-refractivity contribution in [1.29, 1.82) is 0 Å². The van der Waals surface area contributed by atoms with E-state index in [0.717, 1.165) is 17.4 Å². The predicted molar refractivity (Wildman–Crippen MR) is 149 cm³/mol. The second kappa shape index (κ2) is 13.2. The number of imide groups is 1. The fourth-order valence-electron chi connectivity index (χ4n) is 4.90. The minimum atomic E-state index is -1.27. The molecule has 3 aromatic rings. The van der Waals surface area contributed by atoms with Gasteiger partial charge < -0.3 is 21.9 Å². The molecule has 0 aliphatic carbocycles. The average molecular weight is 547 g/mol. The normalized spacial score (nSPS) is 17.6. The monoisotopic (exact) mass is 546 g/mol. The Morgan fingerprint density at radius 1 is 1.02 bits per heavy atom. The summed E-state index contributed by atoms with van der Waals surface area (Å²) < 4.78 is 0. The lowest BCUT2D eigenvalue weighted by Gasteiger charge is -2.30. The number of aliphatic hydroxyl groups is 1. The number of primary amides is 1. The molecule has 0 radical (unpaired) electrons. The van der Waals surface area contributed by atoms with E-state index in [1.807, 2.05) is 47.4 Å². The summed E-state index contributed by atoms with van der Waals surface area (Å²) in [6, 6.07) is 17.3. The third kappa shape index (κ3) is 7.47. The zero-order chi connectivity index (χ0) is 28.6. The van der Waals surface area contributed by atoms with Crippen LogP contribution in [-0.4, -0.2) is 75.9 Å². The van der Waals surface area contributed by atoms with E-state index in [1.165, 1.54) is 6.07 Å². The molecule has 11 nitrogen and oxygen atoms in total. The number of β-amino-alcohol motifs (C(OH)–C–C–N with tert-alkyl or cyclic N) is 1. The van der Waals surface area contributed by atoms with Gasteiger partial charge >= 0.3 is 0 Å². The van der Waals surface area contributed by atoms with E-state index >= 15 is 0 Å². The van der Waals surface area contributed by atoms with Crippen molar-refractivity contribution in [2.45, 2.75) is 49.9 Å². The summed E-state index contributed by atoms with van der Waals surface area (Å²) >= 11 is 0. The van der Waals surface area contributed by atoms with Gasteiger partial charge in [0.25, 0.3) is 5.91 Å². The molecule has 1 aliphatic heterocycles. The van der Waals surface area contributed by atoms with Gasteiger partial charge in [0.15, 0.2) is 0 Å². The Bertz CT molecular complexity index is 1370. The molecule has 2 unspecified atom stereocenters. The number of hydrogen-bond donors (Lipinski definition) is 5. The number of para-hydroxylation sites is 1. The summed E-state index contributed by atoms with van der Waals surface area (Å²) in [6.45, 7) is 0.741. The summed E-state index contributed by atoms with van der Waals surface area (Å²) in [7, 11) is 0. The SMILES string of the molecule is NC(=O)[C@@H]1CCCN1CC(O)C(Cc1ccccc1)NC(=O)[C@@H](N)CC(=O)NC(=O)c1ccc2ccccc2n1. The molecule has 2 heterocycles. The first-order valence-corrected chi connectivity index (χ1v) is 13.2. The highest BCUT2D eigenvalue weighted by atomic mass is 16.3. The Kier molecular flexibility index (Phi) is 9.54. The molecular formula is C29H34N6O5. The van der Waals surface area contributed by atoms with Gasteiger partial charge in [0.2, 0.25) is 17.7 Å². The number of aromatic nitrogens is 1. The average Bonchev–Trinajstić information content (AvgIpc) is 3.41. The topological polar surface area (TPSA) is 181 Å². The quantitative estimate of drug-likeness (QED) is 0.227. The summed E-state index contributed by atoms with van der Waals surface area (Å²) in [5.74, 6) is -2.53. The minimum Gasteiger partial charge on any atom is -0.390 e. The maximum atomic E-state index is 13.0. The van der Waals surface area contributed by atoms with Crippen LogP contribution in [0.5, 0.6) is 0 Å². The van der Waals surface area contributed by atoms with Crippen molar-refractivity contribution >= 4 is 34.5 Å². The van der Waals surface area contributed by atoms with Gasteiger partial charge in [-0.25, -0.2) is 4.98 Å². The molecule has 0 bridgehead atoms. The van der Waals surface area contributed by atoms with Gasteiger partial charge in [0.1, 0.15) is 5.69 Å². The number of aliphatic hydroxyl groups excluding tert-OH is 1. The lowest BCUT2D eigenvalue weighted by Crippen LogP contribution is -2.55. The van der Waals surface area contributed by atoms with Crippen molar-refractivity contribution in [3.63, 3.8) is 0 Å². The zero-order valence-electron chi connectivity index (χ0n) is 22.0. The minimum absolute atomic E-state index is 0.0623. The number of amides is 4. The first-order chi connectivity index (χ1) is 19.2. The molecule has 210 valence electrons. The largest absolute Gasteiger partial charge is 0.390 e. The smallest absolute Gasteiger partial charge is 0.276 e. The van der Waals surface area contributed by atoms with E-state index in [9.17, 15) is 24.3 Å². The number of likely N-dealkylation sites (tertiary alicyclic amines) is 1. The molecule has 2 aromatic carbocycles. The van der Waals surface area contributed by atoms with Crippen LogP contribution in [0.15, 0.2) is 66.7 Å². The van der Waals surface area contributed by atoms with Crippen LogP contribution in [0.25, 0.3) is 10.9 Å². The van der Waals surface area contributed by atoms with Crippen LogP contribution in [0.1, 0.15) is 35.3 Å². The second-order valence-electron chi connectivity index (χ2n) is 10.0. The fraction of sp³-hybridized carbons (Fsp3) is 0.345. The first-order valence-electron chi connectivity index (χ1n) is 13.2. The number of carbonyl (C=O) groups is 4. The number of pyridine rings is 1. The van der Waals surface area contributed by atoms with E-state index in [0.29, 0.717) is 24.9 Å². The molecular weight excluding hydrogens is 512 g/mol. The van der Waals surface area contributed by atoms with Crippen molar-refractivity contribution < 1.29 is 24.3 Å². The molecule has 4 atom stereocenters. The van der Waals surface area contributed by atoms with Gasteiger partial charge in [-0.05, 0) is 43.5 Å². The van der Waals surface area contributed by atoms with Crippen molar-refractivity contribution in [1.82, 2.24) is 20.5 Å². The van der Waals surface area contributed by atoms with Crippen LogP contribution < -0.4 is 22.1 Å². The molecule has 4 amide bonds. The highest BCUT2D eigenvalue weighted by Gasteiger charge is 2.33. The van der Waals surface area contributed by atoms with Gasteiger partial charge in [0.05, 0.1) is 36.2 Å². The van der Waals surface area contributed by atoms with Gasteiger partial charge in [-0.1, -0.05) is 54.6 Å². The Balaban J connectivity index is 1.37. The number of benzene rings is 2. The fourth-order valence-corrected chi connectivity index (χ4v) is 4.90. The third-order valence-electron chi connectivity index (χ3n) is 7.03. The van der Waals surface area contributed by atoms with E-state index < -0.39 is 54.3 Å². The van der Waals surface area contributed by atoms with Crippen LogP contribution in [0, 0.1) is 0 Å². The van der Waals surface area contributed by atoms with E-state index in [1.54, 1.807) is 18.2 Å². The van der Waals surface area contributed by atoms with Gasteiger partial charge in [-0.2, -0.15) is 0 Å². The molecule has 0 saturated carbocycles. The number of fused-ring (bicyclic) bond motifs is 1. The number of nitrogens with zero attached hydrogens (tertiary/aromatic N) is 2. The Labute approximate surface area is 231 Å². The van der Waals surface area contributed by atoms with Crippen molar-refractivity contribution in [3.05, 3.63) is 78.0 Å². The van der Waals surface area contributed by atoms with Gasteiger partial charge in [0, 0.05) is 11.9 Å². The Morgan fingerprint density at radius 2 is 1.75 bits per heavy atom. The highest BCUT2D eigenvalue weighted by molar-refractivity contribution is 6.05. The van der Waals surface area contributed by atoms with Gasteiger partial charge in [-0.15, -0.1) is 0 Å². The molecule has 1 fully saturated rings. The van der Waals surface area contributed by atoms with E-state index in [2.05, 4.69) is 15.6 Å². The third-order valence-corrected chi connectivity index (χ3v) is 7.03. The van der Waals surface area contributed by atoms with Crippen LogP contribution in [0.2, 0.25) is 0 Å². The Hall–Kier alpha value is -4.19. The first kappa shape index (κ1) is 28.8. The Morgan fingerprint density at radius 3 is 2.50 bits per heavy atom. The second-order valence-corrected chi connectivity index (χ2v) is 10.0. The molecule has 1 saturated heterocycles. The summed E-state index contributed by atoms with van der Waals surface area (Å²) in [6.07, 6.45) is 0.211. The van der Waals surface area contributed by atoms with Crippen molar-refractivity contribution in [3.8, 4) is 0 Å². The number of nitrogens with one attached hydrogen (secondary N) is 2. The van der Waals surface area contributed by atoms with Crippen molar-refractivity contribution in [2.24, 2.45) is 11.5 Å². The standard InChI is InChI=1S/C29H34N6O5/c30-20(16-26(37)34-29(40)22-13-12-19-9-4-5-10-21(19)32-22)28(39)33-23(15-18-7-2-1-3-8-18)25(36)17-35-14-6-11-24(35)27(31)38/h1-5,7-10,12-13,20,23-25,36H,6,11,14-17,30H2,(H2,31,38)(H,33,39)(H,34,37,40)/t20-,23?,24-,25?/m0/s1. The molecule has 11 heteroatoms. The van der Waals surface area contributed by atoms with Crippen LogP contribution in [-0.2, 0) is 20.8 Å². The van der Waals surface area contributed by atoms with Crippen molar-refractivity contribution in [2.75, 3.05) is 13.1 Å². The maximum absolute atomic E-state index is 13.0. The van der Waals surface area contributed by atoms with Crippen LogP contribution >= 0.6 is 0 Å². The summed E-state index contributed by atoms with van der Waals surface area (Å²) in [5.41, 5.74) is 13.1. The molecule has 0 spiro atoms. The summed E-state index contributed by atoms with van der Waals surface area (Å²) in [4.78, 5) is 55.9. The number of hydrogen-bond acceptors (Lipinski definition) is 8. The molecule has 1 aliphatic rings. The number of carbonyl (C=O) groups excluding carboxylic acids is 4. The van der Waals surface area contributed by atoms with Crippen LogP contribution in [0.4, 0.5) is 0 Å². The van der Waals surface area contributed by atoms with Gasteiger partial charge in [-0.3, -0.25) is 29.4 Å². The van der Waals surface area contributed by atoms with E-state index in [4.69, 9.17) is 11.5 Å². The lowest BCUT2D eigenvalue weighted by molar-refractivity contribution is -0.128. The van der Waals surface area contributed by atoms with E-state index in [-0.39, 0.29) is 12.2 Å². The molecule has 1 aromatic heterocycles. The number of nitrogens with two attached hydrogens (primary N) is 2.